The number of hydrogen-bond acceptors (Lipinski definition) is 7. The Kier molecular flexibility index (Phi) is 4.83. The van der Waals surface area contributed by atoms with Crippen molar-refractivity contribution in [2.75, 3.05) is 36.7 Å². The molecule has 1 N–H and O–H groups in total. The second kappa shape index (κ2) is 6.49. The van der Waals surface area contributed by atoms with E-state index in [0.717, 1.165) is 0 Å². The van der Waals surface area contributed by atoms with Gasteiger partial charge in [-0.3, -0.25) is 4.79 Å². The molecule has 0 saturated carbocycles. The number of methoxy groups -OCH3 is 1. The SMILES string of the molecule is CNc1ncc(C(=O)OC)cc1N1CC(CS(=O)(=O)F)CC1=O. The second-order valence-electron chi connectivity index (χ2n) is 5.11. The van der Waals surface area contributed by atoms with Crippen LogP contribution in [0.4, 0.5) is 15.4 Å². The van der Waals surface area contributed by atoms with Crippen molar-refractivity contribution in [1.82, 2.24) is 4.98 Å². The van der Waals surface area contributed by atoms with Crippen LogP contribution in [0.3, 0.4) is 0 Å². The molecule has 2 heterocycles. The molecule has 1 amide bonds. The summed E-state index contributed by atoms with van der Waals surface area (Å²) in [5.74, 6) is -2.00. The van der Waals surface area contributed by atoms with E-state index in [1.165, 1.54) is 24.3 Å². The van der Waals surface area contributed by atoms with Crippen LogP contribution in [0.25, 0.3) is 0 Å². The minimum atomic E-state index is -4.66. The normalized spacial score (nSPS) is 18.1. The Morgan fingerprint density at radius 2 is 2.26 bits per heavy atom. The fourth-order valence-corrected chi connectivity index (χ4v) is 3.27. The lowest BCUT2D eigenvalue weighted by atomic mass is 10.1. The summed E-state index contributed by atoms with van der Waals surface area (Å²) >= 11 is 0. The van der Waals surface area contributed by atoms with Crippen LogP contribution in [0.15, 0.2) is 12.3 Å². The first-order valence-corrected chi connectivity index (χ1v) is 8.29. The summed E-state index contributed by atoms with van der Waals surface area (Å²) in [6.45, 7) is 0.0307. The zero-order chi connectivity index (χ0) is 17.2. The molecule has 126 valence electrons. The third-order valence-corrected chi connectivity index (χ3v) is 4.33. The predicted molar refractivity (Wildman–Crippen MR) is 80.5 cm³/mol. The van der Waals surface area contributed by atoms with Gasteiger partial charge in [0.15, 0.2) is 0 Å². The standard InChI is InChI=1S/C13H16FN3O5S/c1-15-12-10(4-9(5-16-12)13(19)22-2)17-6-8(3-11(17)18)7-23(14,20)21/h4-5,8H,3,6-7H2,1-2H3,(H,15,16). The Hall–Kier alpha value is -2.23. The smallest absolute Gasteiger partial charge is 0.339 e. The minimum Gasteiger partial charge on any atom is -0.465 e. The van der Waals surface area contributed by atoms with Gasteiger partial charge in [0.05, 0.1) is 24.1 Å². The van der Waals surface area contributed by atoms with Gasteiger partial charge in [-0.05, 0) is 6.07 Å². The number of esters is 1. The minimum absolute atomic E-state index is 0.0307. The van der Waals surface area contributed by atoms with Gasteiger partial charge in [-0.15, -0.1) is 3.89 Å². The first kappa shape index (κ1) is 17.1. The number of rotatable bonds is 5. The van der Waals surface area contributed by atoms with Crippen LogP contribution < -0.4 is 10.2 Å². The number of nitrogens with one attached hydrogen (secondary N) is 1. The van der Waals surface area contributed by atoms with E-state index in [4.69, 9.17) is 0 Å². The second-order valence-corrected chi connectivity index (χ2v) is 6.52. The molecule has 0 bridgehead atoms. The summed E-state index contributed by atoms with van der Waals surface area (Å²) in [5, 5.41) is 2.79. The Balaban J connectivity index is 2.33. The molecular weight excluding hydrogens is 329 g/mol. The third-order valence-electron chi connectivity index (χ3n) is 3.46. The maximum atomic E-state index is 12.8. The van der Waals surface area contributed by atoms with Crippen LogP contribution in [-0.4, -0.2) is 51.7 Å². The highest BCUT2D eigenvalue weighted by Gasteiger charge is 2.35. The summed E-state index contributed by atoms with van der Waals surface area (Å²) in [6, 6.07) is 1.43. The van der Waals surface area contributed by atoms with E-state index in [2.05, 4.69) is 15.0 Å². The summed E-state index contributed by atoms with van der Waals surface area (Å²) in [4.78, 5) is 29.1. The number of carbonyl (C=O) groups is 2. The van der Waals surface area contributed by atoms with Gasteiger partial charge in [0.2, 0.25) is 5.91 Å². The lowest BCUT2D eigenvalue weighted by molar-refractivity contribution is -0.117. The van der Waals surface area contributed by atoms with Crippen molar-refractivity contribution in [2.24, 2.45) is 5.92 Å². The number of halogens is 1. The van der Waals surface area contributed by atoms with Crippen LogP contribution in [0, 0.1) is 5.92 Å². The van der Waals surface area contributed by atoms with E-state index in [1.807, 2.05) is 0 Å². The molecule has 8 nitrogen and oxygen atoms in total. The average molecular weight is 345 g/mol. The molecule has 1 aliphatic heterocycles. The molecule has 1 aromatic heterocycles. The van der Waals surface area contributed by atoms with Crippen molar-refractivity contribution in [3.63, 3.8) is 0 Å². The molecule has 0 aliphatic carbocycles. The number of carbonyl (C=O) groups excluding carboxylic acids is 2. The van der Waals surface area contributed by atoms with Crippen molar-refractivity contribution >= 4 is 33.6 Å². The van der Waals surface area contributed by atoms with Gasteiger partial charge in [-0.2, -0.15) is 8.42 Å². The number of nitrogens with zero attached hydrogens (tertiary/aromatic N) is 2. The number of pyridine rings is 1. The van der Waals surface area contributed by atoms with Gasteiger partial charge in [-0.1, -0.05) is 0 Å². The summed E-state index contributed by atoms with van der Waals surface area (Å²) in [7, 11) is -1.85. The maximum absolute atomic E-state index is 12.8. The first-order chi connectivity index (χ1) is 10.7. The highest BCUT2D eigenvalue weighted by atomic mass is 32.3. The zero-order valence-electron chi connectivity index (χ0n) is 12.6. The Labute approximate surface area is 132 Å². The maximum Gasteiger partial charge on any atom is 0.339 e. The number of ether oxygens (including phenoxy) is 1. The molecule has 1 atom stereocenters. The molecule has 1 saturated heterocycles. The van der Waals surface area contributed by atoms with Gasteiger partial charge in [0.25, 0.3) is 0 Å². The van der Waals surface area contributed by atoms with Crippen molar-refractivity contribution in [2.45, 2.75) is 6.42 Å². The molecule has 1 aromatic rings. The largest absolute Gasteiger partial charge is 0.465 e. The monoisotopic (exact) mass is 345 g/mol. The fourth-order valence-electron chi connectivity index (χ4n) is 2.49. The van der Waals surface area contributed by atoms with E-state index < -0.39 is 27.9 Å². The summed E-state index contributed by atoms with van der Waals surface area (Å²) in [5.41, 5.74) is 0.468. The lowest BCUT2D eigenvalue weighted by Crippen LogP contribution is -2.27. The third kappa shape index (κ3) is 3.95. The van der Waals surface area contributed by atoms with Crippen molar-refractivity contribution in [3.8, 4) is 0 Å². The highest BCUT2D eigenvalue weighted by Crippen LogP contribution is 2.31. The summed E-state index contributed by atoms with van der Waals surface area (Å²) in [6.07, 6.45) is 1.21. The molecule has 2 rings (SSSR count). The molecule has 10 heteroatoms. The molecule has 0 spiro atoms. The van der Waals surface area contributed by atoms with Crippen molar-refractivity contribution in [1.29, 1.82) is 0 Å². The molecule has 1 unspecified atom stereocenters. The highest BCUT2D eigenvalue weighted by molar-refractivity contribution is 7.86. The molecular formula is C13H16FN3O5S. The fraction of sp³-hybridized carbons (Fsp3) is 0.462. The Morgan fingerprint density at radius 3 is 2.83 bits per heavy atom. The first-order valence-electron chi connectivity index (χ1n) is 6.74. The van der Waals surface area contributed by atoms with Crippen LogP contribution in [0.5, 0.6) is 0 Å². The van der Waals surface area contributed by atoms with E-state index in [-0.39, 0.29) is 24.4 Å². The van der Waals surface area contributed by atoms with E-state index in [1.54, 1.807) is 7.05 Å². The molecule has 0 radical (unpaired) electrons. The summed E-state index contributed by atoms with van der Waals surface area (Å²) < 4.78 is 38.9. The Morgan fingerprint density at radius 1 is 1.57 bits per heavy atom. The zero-order valence-corrected chi connectivity index (χ0v) is 13.4. The van der Waals surface area contributed by atoms with E-state index >= 15 is 0 Å². The van der Waals surface area contributed by atoms with Gasteiger partial charge >= 0.3 is 16.2 Å². The molecule has 0 aromatic carbocycles. The van der Waals surface area contributed by atoms with Gasteiger partial charge in [0, 0.05) is 32.1 Å². The molecule has 23 heavy (non-hydrogen) atoms. The molecule has 1 fully saturated rings. The van der Waals surface area contributed by atoms with E-state index in [0.29, 0.717) is 11.5 Å². The van der Waals surface area contributed by atoms with Gasteiger partial charge in [0.1, 0.15) is 5.82 Å². The average Bonchev–Trinajstić information content (AvgIpc) is 2.83. The van der Waals surface area contributed by atoms with Crippen molar-refractivity contribution < 1.29 is 26.6 Å². The van der Waals surface area contributed by atoms with Crippen LogP contribution >= 0.6 is 0 Å². The lowest BCUT2D eigenvalue weighted by Gasteiger charge is -2.20. The van der Waals surface area contributed by atoms with Crippen molar-refractivity contribution in [3.05, 3.63) is 17.8 Å². The number of amides is 1. The Bertz CT molecular complexity index is 737. The van der Waals surface area contributed by atoms with Gasteiger partial charge < -0.3 is 15.0 Å². The van der Waals surface area contributed by atoms with Crippen LogP contribution in [0.1, 0.15) is 16.8 Å². The number of aromatic nitrogens is 1. The van der Waals surface area contributed by atoms with E-state index in [9.17, 15) is 21.9 Å². The topological polar surface area (TPSA) is 106 Å². The van der Waals surface area contributed by atoms with Gasteiger partial charge in [-0.25, -0.2) is 9.78 Å². The predicted octanol–water partition coefficient (Wildman–Crippen LogP) is 0.562. The van der Waals surface area contributed by atoms with Crippen LogP contribution in [0.2, 0.25) is 0 Å². The number of anilines is 2. The van der Waals surface area contributed by atoms with Crippen LogP contribution in [-0.2, 0) is 19.8 Å². The quantitative estimate of drug-likeness (QED) is 0.614. The molecule has 1 aliphatic rings. The number of hydrogen-bond donors (Lipinski definition) is 1.